The summed E-state index contributed by atoms with van der Waals surface area (Å²) in [4.78, 5) is 0. The van der Waals surface area contributed by atoms with Crippen molar-refractivity contribution in [3.63, 3.8) is 0 Å². The van der Waals surface area contributed by atoms with Crippen molar-refractivity contribution in [3.05, 3.63) is 33.3 Å². The Morgan fingerprint density at radius 2 is 2.00 bits per heavy atom. The third-order valence-electron chi connectivity index (χ3n) is 2.44. The molecule has 1 aliphatic heterocycles. The third kappa shape index (κ3) is 1.89. The molecule has 14 heavy (non-hydrogen) atoms. The number of benzene rings is 1. The minimum Gasteiger partial charge on any atom is -0.324 e. The van der Waals surface area contributed by atoms with Crippen LogP contribution in [0.3, 0.4) is 0 Å². The van der Waals surface area contributed by atoms with Gasteiger partial charge in [-0.05, 0) is 35.4 Å². The van der Waals surface area contributed by atoms with Gasteiger partial charge in [-0.1, -0.05) is 23.2 Å². The van der Waals surface area contributed by atoms with E-state index in [0.29, 0.717) is 0 Å². The van der Waals surface area contributed by atoms with Crippen LogP contribution in [0.4, 0.5) is 0 Å². The number of rotatable bonds is 0. The van der Waals surface area contributed by atoms with Gasteiger partial charge >= 0.3 is 0 Å². The van der Waals surface area contributed by atoms with Crippen molar-refractivity contribution >= 4 is 35.0 Å². The molecule has 0 radical (unpaired) electrons. The summed E-state index contributed by atoms with van der Waals surface area (Å²) in [6.45, 7) is 0. The molecule has 1 nitrogen and oxygen atoms in total. The first-order valence-corrected chi connectivity index (χ1v) is 6.41. The fraction of sp³-hybridized carbons (Fsp3) is 0.400. The van der Waals surface area contributed by atoms with Crippen LogP contribution in [-0.2, 0) is 5.75 Å². The normalized spacial score (nSPS) is 21.5. The van der Waals surface area contributed by atoms with E-state index >= 15 is 0 Å². The second-order valence-corrected chi connectivity index (χ2v) is 5.29. The van der Waals surface area contributed by atoms with Gasteiger partial charge in [-0.2, -0.15) is 11.8 Å². The van der Waals surface area contributed by atoms with Crippen LogP contribution in [0.15, 0.2) is 12.1 Å². The number of fused-ring (bicyclic) bond motifs is 1. The molecule has 0 aromatic heterocycles. The lowest BCUT2D eigenvalue weighted by molar-refractivity contribution is 0.706. The number of hydrogen-bond acceptors (Lipinski definition) is 2. The molecule has 1 aromatic rings. The molecule has 76 valence electrons. The van der Waals surface area contributed by atoms with Gasteiger partial charge in [0.2, 0.25) is 0 Å². The Labute approximate surface area is 98.0 Å². The van der Waals surface area contributed by atoms with Gasteiger partial charge in [-0.3, -0.25) is 0 Å². The maximum atomic E-state index is 6.13. The first-order chi connectivity index (χ1) is 6.70. The van der Waals surface area contributed by atoms with E-state index in [1.807, 2.05) is 23.9 Å². The van der Waals surface area contributed by atoms with Gasteiger partial charge in [-0.15, -0.1) is 0 Å². The smallest absolute Gasteiger partial charge is 0.0457 e. The van der Waals surface area contributed by atoms with E-state index in [-0.39, 0.29) is 6.04 Å². The minimum absolute atomic E-state index is 0.0335. The summed E-state index contributed by atoms with van der Waals surface area (Å²) in [6.07, 6.45) is 0.970. The highest BCUT2D eigenvalue weighted by molar-refractivity contribution is 7.98. The van der Waals surface area contributed by atoms with E-state index in [9.17, 15) is 0 Å². The number of thioether (sulfide) groups is 1. The van der Waals surface area contributed by atoms with Crippen molar-refractivity contribution in [2.45, 2.75) is 18.2 Å². The molecule has 1 atom stereocenters. The summed E-state index contributed by atoms with van der Waals surface area (Å²) in [5.41, 5.74) is 8.22. The number of hydrogen-bond donors (Lipinski definition) is 1. The molecule has 0 spiro atoms. The fourth-order valence-electron chi connectivity index (χ4n) is 1.69. The molecule has 1 aromatic carbocycles. The van der Waals surface area contributed by atoms with E-state index in [0.717, 1.165) is 39.1 Å². The minimum atomic E-state index is 0.0335. The monoisotopic (exact) mass is 247 g/mol. The Morgan fingerprint density at radius 3 is 2.79 bits per heavy atom. The molecule has 0 saturated heterocycles. The van der Waals surface area contributed by atoms with Crippen LogP contribution in [0, 0.1) is 0 Å². The molecule has 1 aliphatic rings. The molecule has 0 bridgehead atoms. The average Bonchev–Trinajstić information content (AvgIpc) is 2.35. The van der Waals surface area contributed by atoms with Crippen LogP contribution in [0.25, 0.3) is 0 Å². The van der Waals surface area contributed by atoms with Crippen molar-refractivity contribution in [3.8, 4) is 0 Å². The quantitative estimate of drug-likeness (QED) is 0.758. The van der Waals surface area contributed by atoms with Crippen LogP contribution >= 0.6 is 35.0 Å². The van der Waals surface area contributed by atoms with E-state index in [1.165, 1.54) is 0 Å². The molecule has 0 aliphatic carbocycles. The van der Waals surface area contributed by atoms with Gasteiger partial charge in [0.05, 0.1) is 0 Å². The highest BCUT2D eigenvalue weighted by atomic mass is 35.5. The average molecular weight is 248 g/mol. The Morgan fingerprint density at radius 1 is 1.29 bits per heavy atom. The van der Waals surface area contributed by atoms with Gasteiger partial charge < -0.3 is 5.73 Å². The van der Waals surface area contributed by atoms with Crippen molar-refractivity contribution in [2.75, 3.05) is 5.75 Å². The zero-order valence-electron chi connectivity index (χ0n) is 7.59. The van der Waals surface area contributed by atoms with Crippen LogP contribution in [0.1, 0.15) is 23.6 Å². The Kier molecular flexibility index (Phi) is 3.27. The maximum Gasteiger partial charge on any atom is 0.0457 e. The molecule has 0 amide bonds. The Balaban J connectivity index is 2.57. The van der Waals surface area contributed by atoms with Crippen molar-refractivity contribution in [1.29, 1.82) is 0 Å². The lowest BCUT2D eigenvalue weighted by Gasteiger charge is -2.14. The van der Waals surface area contributed by atoms with Gasteiger partial charge in [0, 0.05) is 21.8 Å². The third-order valence-corrected chi connectivity index (χ3v) is 4.14. The summed E-state index contributed by atoms with van der Waals surface area (Å²) >= 11 is 14.1. The molecule has 0 unspecified atom stereocenters. The predicted molar refractivity (Wildman–Crippen MR) is 64.2 cm³/mol. The molecule has 0 fully saturated rings. The fourth-order valence-corrected chi connectivity index (χ4v) is 3.39. The van der Waals surface area contributed by atoms with E-state index in [4.69, 9.17) is 28.9 Å². The largest absolute Gasteiger partial charge is 0.324 e. The van der Waals surface area contributed by atoms with Gasteiger partial charge in [-0.25, -0.2) is 0 Å². The molecular formula is C10H11Cl2NS. The zero-order valence-corrected chi connectivity index (χ0v) is 9.92. The van der Waals surface area contributed by atoms with Crippen LogP contribution in [0.2, 0.25) is 10.0 Å². The second-order valence-electron chi connectivity index (χ2n) is 3.37. The summed E-state index contributed by atoms with van der Waals surface area (Å²) in [7, 11) is 0. The van der Waals surface area contributed by atoms with Gasteiger partial charge in [0.25, 0.3) is 0 Å². The van der Waals surface area contributed by atoms with E-state index in [2.05, 4.69) is 0 Å². The molecule has 0 saturated carbocycles. The zero-order chi connectivity index (χ0) is 10.1. The van der Waals surface area contributed by atoms with E-state index in [1.54, 1.807) is 0 Å². The summed E-state index contributed by atoms with van der Waals surface area (Å²) in [6, 6.07) is 3.71. The first-order valence-electron chi connectivity index (χ1n) is 4.50. The van der Waals surface area contributed by atoms with Crippen LogP contribution in [0.5, 0.6) is 0 Å². The van der Waals surface area contributed by atoms with Crippen LogP contribution < -0.4 is 5.73 Å². The summed E-state index contributed by atoms with van der Waals surface area (Å²) < 4.78 is 0. The molecule has 1 heterocycles. The summed E-state index contributed by atoms with van der Waals surface area (Å²) in [5, 5.41) is 1.54. The van der Waals surface area contributed by atoms with Crippen molar-refractivity contribution in [1.82, 2.24) is 0 Å². The molecular weight excluding hydrogens is 237 g/mol. The van der Waals surface area contributed by atoms with Gasteiger partial charge in [0.15, 0.2) is 0 Å². The topological polar surface area (TPSA) is 26.0 Å². The van der Waals surface area contributed by atoms with Gasteiger partial charge in [0.1, 0.15) is 0 Å². The first kappa shape index (κ1) is 10.6. The lowest BCUT2D eigenvalue weighted by atomic mass is 10.00. The maximum absolute atomic E-state index is 6.13. The highest BCUT2D eigenvalue weighted by Crippen LogP contribution is 2.37. The SMILES string of the molecule is N[C@@H]1CCSCc2c(Cl)ccc(Cl)c21. The standard InChI is InChI=1S/C10H11Cl2NS/c11-7-1-2-8(12)10-6(7)5-14-4-3-9(10)13/h1-2,9H,3-5,13H2/t9-/m1/s1. The molecule has 2 N–H and O–H groups in total. The number of halogens is 2. The van der Waals surface area contributed by atoms with E-state index < -0.39 is 0 Å². The van der Waals surface area contributed by atoms with Crippen molar-refractivity contribution in [2.24, 2.45) is 5.73 Å². The highest BCUT2D eigenvalue weighted by Gasteiger charge is 2.20. The summed E-state index contributed by atoms with van der Waals surface area (Å²) in [5.74, 6) is 1.99. The Bertz CT molecular complexity index is 354. The van der Waals surface area contributed by atoms with Crippen molar-refractivity contribution < 1.29 is 0 Å². The molecule has 4 heteroatoms. The second kappa shape index (κ2) is 4.31. The predicted octanol–water partition coefficient (Wildman–Crippen LogP) is 3.63. The lowest BCUT2D eigenvalue weighted by Crippen LogP contribution is -2.12. The van der Waals surface area contributed by atoms with Crippen LogP contribution in [-0.4, -0.2) is 5.75 Å². The Hall–Kier alpha value is 0.110. The molecule has 2 rings (SSSR count). The number of nitrogens with two attached hydrogens (primary N) is 1.